The van der Waals surface area contributed by atoms with Crippen molar-refractivity contribution in [2.45, 2.75) is 27.7 Å². The Balaban J connectivity index is 3.03. The van der Waals surface area contributed by atoms with Gasteiger partial charge in [-0.05, 0) is 27.7 Å². The summed E-state index contributed by atoms with van der Waals surface area (Å²) in [5.74, 6) is 0. The summed E-state index contributed by atoms with van der Waals surface area (Å²) < 4.78 is 23.2. The van der Waals surface area contributed by atoms with Crippen LogP contribution in [-0.2, 0) is 13.6 Å². The van der Waals surface area contributed by atoms with Crippen molar-refractivity contribution in [1.82, 2.24) is 4.98 Å². The molecule has 0 fully saturated rings. The lowest BCUT2D eigenvalue weighted by Crippen LogP contribution is -2.09. The highest BCUT2D eigenvalue weighted by molar-refractivity contribution is 7.68. The van der Waals surface area contributed by atoms with Gasteiger partial charge in [0.15, 0.2) is 0 Å². The lowest BCUT2D eigenvalue weighted by molar-refractivity contribution is 0.230. The predicted molar refractivity (Wildman–Crippen MR) is 62.1 cm³/mol. The number of hydrogen-bond acceptors (Lipinski definition) is 5. The van der Waals surface area contributed by atoms with E-state index in [2.05, 4.69) is 4.98 Å². The van der Waals surface area contributed by atoms with E-state index in [-0.39, 0.29) is 0 Å². The van der Waals surface area contributed by atoms with Gasteiger partial charge in [-0.3, -0.25) is 4.57 Å². The molecule has 0 aliphatic carbocycles. The Bertz CT molecular complexity index is 348. The lowest BCUT2D eigenvalue weighted by Gasteiger charge is -2.13. The molecule has 0 N–H and O–H groups in total. The zero-order valence-electron chi connectivity index (χ0n) is 9.44. The summed E-state index contributed by atoms with van der Waals surface area (Å²) in [4.78, 5) is 5.27. The monoisotopic (exact) mass is 249 g/mol. The average molecular weight is 249 g/mol. The van der Waals surface area contributed by atoms with Crippen LogP contribution in [0.1, 0.15) is 24.4 Å². The van der Waals surface area contributed by atoms with Gasteiger partial charge in [-0.15, -0.1) is 11.3 Å². The van der Waals surface area contributed by atoms with Crippen LogP contribution in [0.15, 0.2) is 0 Å². The molecule has 1 aromatic heterocycles. The van der Waals surface area contributed by atoms with E-state index in [0.29, 0.717) is 18.0 Å². The molecule has 0 radical (unpaired) electrons. The van der Waals surface area contributed by atoms with E-state index < -0.39 is 7.60 Å². The highest BCUT2D eigenvalue weighted by Crippen LogP contribution is 2.47. The van der Waals surface area contributed by atoms with Gasteiger partial charge in [-0.2, -0.15) is 0 Å². The molecule has 0 saturated carbocycles. The standard InChI is InChI=1S/C9H16NO3PS/c1-5-12-14(11,13-6-2)9-10-7(3)8(4)15-9/h5-6H2,1-4H3. The normalized spacial score (nSPS) is 12.0. The molecule has 6 heteroatoms. The van der Waals surface area contributed by atoms with Gasteiger partial charge < -0.3 is 9.05 Å². The molecule has 1 rings (SSSR count). The minimum atomic E-state index is -3.17. The van der Waals surface area contributed by atoms with Gasteiger partial charge in [0.05, 0.1) is 18.9 Å². The zero-order chi connectivity index (χ0) is 11.5. The van der Waals surface area contributed by atoms with Gasteiger partial charge in [0, 0.05) is 4.88 Å². The van der Waals surface area contributed by atoms with Crippen molar-refractivity contribution in [1.29, 1.82) is 0 Å². The maximum atomic E-state index is 12.3. The van der Waals surface area contributed by atoms with Gasteiger partial charge in [0.2, 0.25) is 4.75 Å². The third kappa shape index (κ3) is 2.88. The van der Waals surface area contributed by atoms with Crippen LogP contribution in [0.3, 0.4) is 0 Å². The van der Waals surface area contributed by atoms with E-state index in [4.69, 9.17) is 9.05 Å². The molecule has 15 heavy (non-hydrogen) atoms. The van der Waals surface area contributed by atoms with Crippen LogP contribution >= 0.6 is 18.9 Å². The Hall–Kier alpha value is -0.220. The molecule has 1 aromatic rings. The van der Waals surface area contributed by atoms with Crippen molar-refractivity contribution < 1.29 is 13.6 Å². The summed E-state index contributed by atoms with van der Waals surface area (Å²) in [5.41, 5.74) is 0.884. The van der Waals surface area contributed by atoms with Crippen LogP contribution in [0.2, 0.25) is 0 Å². The molecule has 0 aliphatic heterocycles. The zero-order valence-corrected chi connectivity index (χ0v) is 11.2. The summed E-state index contributed by atoms with van der Waals surface area (Å²) in [6, 6.07) is 0. The molecule has 0 amide bonds. The van der Waals surface area contributed by atoms with E-state index in [1.807, 2.05) is 13.8 Å². The minimum Gasteiger partial charge on any atom is -0.304 e. The number of rotatable bonds is 5. The summed E-state index contributed by atoms with van der Waals surface area (Å²) in [6.45, 7) is 8.12. The van der Waals surface area contributed by atoms with E-state index in [1.54, 1.807) is 13.8 Å². The van der Waals surface area contributed by atoms with Crippen LogP contribution in [-0.4, -0.2) is 18.2 Å². The van der Waals surface area contributed by atoms with Gasteiger partial charge in [0.25, 0.3) is 0 Å². The van der Waals surface area contributed by atoms with Gasteiger partial charge >= 0.3 is 7.60 Å². The molecule has 86 valence electrons. The average Bonchev–Trinajstić information content (AvgIpc) is 2.48. The number of aryl methyl sites for hydroxylation is 2. The Labute approximate surface area is 94.2 Å². The largest absolute Gasteiger partial charge is 0.389 e. The second-order valence-electron chi connectivity index (χ2n) is 2.97. The summed E-state index contributed by atoms with van der Waals surface area (Å²) in [7, 11) is -3.17. The molecule has 0 aromatic carbocycles. The molecule has 1 heterocycles. The number of aromatic nitrogens is 1. The van der Waals surface area contributed by atoms with Crippen molar-refractivity contribution in [3.05, 3.63) is 10.6 Å². The van der Waals surface area contributed by atoms with E-state index in [1.165, 1.54) is 11.3 Å². The number of thiazole rings is 1. The van der Waals surface area contributed by atoms with Crippen LogP contribution in [0.25, 0.3) is 0 Å². The van der Waals surface area contributed by atoms with Crippen LogP contribution in [0.5, 0.6) is 0 Å². The maximum absolute atomic E-state index is 12.3. The van der Waals surface area contributed by atoms with Crippen molar-refractivity contribution in [2.24, 2.45) is 0 Å². The van der Waals surface area contributed by atoms with Crippen LogP contribution in [0.4, 0.5) is 0 Å². The lowest BCUT2D eigenvalue weighted by atomic mass is 10.4. The van der Waals surface area contributed by atoms with E-state index >= 15 is 0 Å². The molecule has 0 aliphatic rings. The Kier molecular flexibility index (Phi) is 4.46. The topological polar surface area (TPSA) is 48.4 Å². The quantitative estimate of drug-likeness (QED) is 0.753. The van der Waals surface area contributed by atoms with Crippen molar-refractivity contribution in [2.75, 3.05) is 13.2 Å². The Morgan fingerprint density at radius 3 is 2.13 bits per heavy atom. The number of hydrogen-bond donors (Lipinski definition) is 0. The summed E-state index contributed by atoms with van der Waals surface area (Å²) >= 11 is 1.38. The van der Waals surface area contributed by atoms with Gasteiger partial charge in [-0.25, -0.2) is 4.98 Å². The smallest absolute Gasteiger partial charge is 0.304 e. The van der Waals surface area contributed by atoms with E-state index in [0.717, 1.165) is 10.6 Å². The fourth-order valence-electron chi connectivity index (χ4n) is 1.06. The molecule has 0 atom stereocenters. The first-order valence-corrected chi connectivity index (χ1v) is 7.23. The van der Waals surface area contributed by atoms with Gasteiger partial charge in [0.1, 0.15) is 0 Å². The molecule has 0 unspecified atom stereocenters. The fraction of sp³-hybridized carbons (Fsp3) is 0.667. The van der Waals surface area contributed by atoms with Crippen molar-refractivity contribution >= 4 is 23.7 Å². The van der Waals surface area contributed by atoms with Gasteiger partial charge in [-0.1, -0.05) is 0 Å². The first-order chi connectivity index (χ1) is 7.03. The Morgan fingerprint density at radius 1 is 1.27 bits per heavy atom. The summed E-state index contributed by atoms with van der Waals surface area (Å²) in [5, 5.41) is 0. The highest BCUT2D eigenvalue weighted by atomic mass is 32.1. The molecular formula is C9H16NO3PS. The number of nitrogens with zero attached hydrogens (tertiary/aromatic N) is 1. The predicted octanol–water partition coefficient (Wildman–Crippen LogP) is 2.65. The minimum absolute atomic E-state index is 0.356. The van der Waals surface area contributed by atoms with Crippen molar-refractivity contribution in [3.8, 4) is 0 Å². The molecule has 0 saturated heterocycles. The van der Waals surface area contributed by atoms with Crippen LogP contribution < -0.4 is 4.75 Å². The second-order valence-corrected chi connectivity index (χ2v) is 6.41. The highest BCUT2D eigenvalue weighted by Gasteiger charge is 2.30. The molecule has 0 bridgehead atoms. The van der Waals surface area contributed by atoms with Crippen molar-refractivity contribution in [3.63, 3.8) is 0 Å². The molecular weight excluding hydrogens is 233 g/mol. The second kappa shape index (κ2) is 5.21. The third-order valence-corrected chi connectivity index (χ3v) is 5.43. The SMILES string of the molecule is CCOP(=O)(OCC)c1nc(C)c(C)s1. The molecule has 0 spiro atoms. The Morgan fingerprint density at radius 2 is 1.80 bits per heavy atom. The summed E-state index contributed by atoms with van der Waals surface area (Å²) in [6.07, 6.45) is 0. The maximum Gasteiger partial charge on any atom is 0.389 e. The first kappa shape index (κ1) is 12.8. The third-order valence-electron chi connectivity index (χ3n) is 1.85. The first-order valence-electron chi connectivity index (χ1n) is 4.87. The van der Waals surface area contributed by atoms with Crippen LogP contribution in [0, 0.1) is 13.8 Å². The van der Waals surface area contributed by atoms with E-state index in [9.17, 15) is 4.57 Å². The molecule has 4 nitrogen and oxygen atoms in total. The fourth-order valence-corrected chi connectivity index (χ4v) is 4.13.